The zero-order valence-electron chi connectivity index (χ0n) is 25.5. The number of rotatable bonds is 4. The topological polar surface area (TPSA) is 9.34 Å². The molecule has 2 heteroatoms. The van der Waals surface area contributed by atoms with Gasteiger partial charge in [0.25, 0.3) is 0 Å². The van der Waals surface area contributed by atoms with Crippen molar-refractivity contribution in [2.75, 3.05) is 0 Å². The molecule has 10 aromatic rings. The van der Waals surface area contributed by atoms with Crippen molar-refractivity contribution in [3.05, 3.63) is 180 Å². The predicted octanol–water partition coefficient (Wildman–Crippen LogP) is 11.3. The molecule has 3 aromatic heterocycles. The van der Waals surface area contributed by atoms with Crippen LogP contribution in [0, 0.1) is 0 Å². The van der Waals surface area contributed by atoms with E-state index in [1.807, 2.05) is 0 Å². The third-order valence-electron chi connectivity index (χ3n) is 10.4. The smallest absolute Gasteiger partial charge is 0.0641 e. The van der Waals surface area contributed by atoms with E-state index in [0.29, 0.717) is 0 Å². The molecule has 0 saturated carbocycles. The lowest BCUT2D eigenvalue weighted by molar-refractivity contribution is 0.692. The predicted molar refractivity (Wildman–Crippen MR) is 194 cm³/mol. The minimum Gasteiger partial charge on any atom is -0.309 e. The Morgan fingerprint density at radius 1 is 0.370 bits per heavy atom. The van der Waals surface area contributed by atoms with Crippen LogP contribution in [0.15, 0.2) is 164 Å². The molecule has 0 aliphatic carbocycles. The van der Waals surface area contributed by atoms with Crippen molar-refractivity contribution in [2.24, 2.45) is 0 Å². The summed E-state index contributed by atoms with van der Waals surface area (Å²) in [6, 6.07) is 60.2. The second-order valence-corrected chi connectivity index (χ2v) is 12.7. The summed E-state index contributed by atoms with van der Waals surface area (Å²) in [5.41, 5.74) is 11.0. The second-order valence-electron chi connectivity index (χ2n) is 12.7. The molecule has 0 saturated heterocycles. The van der Waals surface area contributed by atoms with Gasteiger partial charge in [0.15, 0.2) is 0 Å². The number of fused-ring (bicyclic) bond motifs is 6. The minimum atomic E-state index is -0.285. The van der Waals surface area contributed by atoms with Crippen LogP contribution in [0.25, 0.3) is 65.6 Å². The number of hydrogen-bond donors (Lipinski definition) is 0. The number of para-hydroxylation sites is 2. The molecule has 0 atom stereocenters. The van der Waals surface area contributed by atoms with Gasteiger partial charge in [-0.1, -0.05) is 127 Å². The van der Waals surface area contributed by atoms with E-state index in [9.17, 15) is 0 Å². The molecule has 7 aromatic carbocycles. The molecule has 2 nitrogen and oxygen atoms in total. The lowest BCUT2D eigenvalue weighted by Crippen LogP contribution is -2.25. The van der Waals surface area contributed by atoms with Crippen molar-refractivity contribution in [3.8, 4) is 5.69 Å². The van der Waals surface area contributed by atoms with E-state index in [-0.39, 0.29) is 5.41 Å². The standard InChI is InChI=1S/C44H30N2/c1-44(29-13-4-2-5-14-29,30-15-6-3-7-16-30)31-23-25-32(26-24-31)45-39-22-12-19-35-33-17-8-10-20-37(33)46-38-21-11-9-18-34(38)36-27-28-40(45)42(41(35)39)43(36)46/h2-28H,1H3. The molecule has 0 aliphatic heterocycles. The Morgan fingerprint density at radius 2 is 0.870 bits per heavy atom. The maximum absolute atomic E-state index is 2.50. The lowest BCUT2D eigenvalue weighted by Gasteiger charge is -2.32. The summed E-state index contributed by atoms with van der Waals surface area (Å²) in [5.74, 6) is 0. The van der Waals surface area contributed by atoms with Crippen molar-refractivity contribution >= 4 is 59.9 Å². The SMILES string of the molecule is CC(c1ccccc1)(c1ccccc1)c1ccc(-n2c3cccc4c5ccccc5n5c6ccccc6c6ccc2c(c43)c65)cc1. The number of nitrogens with zero attached hydrogens (tertiary/aromatic N) is 2. The average molecular weight is 587 g/mol. The summed E-state index contributed by atoms with van der Waals surface area (Å²) in [6.07, 6.45) is 0. The van der Waals surface area contributed by atoms with E-state index < -0.39 is 0 Å². The molecular weight excluding hydrogens is 556 g/mol. The first-order valence-electron chi connectivity index (χ1n) is 16.0. The Bertz CT molecular complexity index is 2690. The molecule has 10 rings (SSSR count). The van der Waals surface area contributed by atoms with Gasteiger partial charge in [-0.2, -0.15) is 0 Å². The van der Waals surface area contributed by atoms with Gasteiger partial charge in [0.2, 0.25) is 0 Å². The third kappa shape index (κ3) is 3.25. The monoisotopic (exact) mass is 586 g/mol. The summed E-state index contributed by atoms with van der Waals surface area (Å²) in [4.78, 5) is 0. The molecule has 0 fully saturated rings. The maximum atomic E-state index is 2.50. The van der Waals surface area contributed by atoms with E-state index in [0.717, 1.165) is 0 Å². The van der Waals surface area contributed by atoms with Crippen molar-refractivity contribution < 1.29 is 0 Å². The average Bonchev–Trinajstić information content (AvgIpc) is 3.60. The van der Waals surface area contributed by atoms with Crippen molar-refractivity contribution in [1.29, 1.82) is 0 Å². The molecule has 46 heavy (non-hydrogen) atoms. The van der Waals surface area contributed by atoms with E-state index in [2.05, 4.69) is 180 Å². The van der Waals surface area contributed by atoms with Gasteiger partial charge < -0.3 is 8.97 Å². The van der Waals surface area contributed by atoms with Gasteiger partial charge in [-0.25, -0.2) is 0 Å². The van der Waals surface area contributed by atoms with Crippen molar-refractivity contribution in [3.63, 3.8) is 0 Å². The van der Waals surface area contributed by atoms with E-state index in [1.54, 1.807) is 0 Å². The van der Waals surface area contributed by atoms with Gasteiger partial charge in [-0.3, -0.25) is 0 Å². The highest BCUT2D eigenvalue weighted by Crippen LogP contribution is 2.45. The number of benzene rings is 7. The van der Waals surface area contributed by atoms with Gasteiger partial charge in [-0.15, -0.1) is 0 Å². The summed E-state index contributed by atoms with van der Waals surface area (Å²) >= 11 is 0. The van der Waals surface area contributed by atoms with Crippen molar-refractivity contribution in [1.82, 2.24) is 8.97 Å². The van der Waals surface area contributed by atoms with Gasteiger partial charge in [0.1, 0.15) is 0 Å². The number of hydrogen-bond acceptors (Lipinski definition) is 0. The second kappa shape index (κ2) is 9.32. The lowest BCUT2D eigenvalue weighted by atomic mass is 9.71. The Labute approximate surface area is 266 Å². The van der Waals surface area contributed by atoms with Gasteiger partial charge in [0.05, 0.1) is 27.6 Å². The van der Waals surface area contributed by atoms with Crippen LogP contribution < -0.4 is 0 Å². The molecular formula is C44H30N2. The Kier molecular flexibility index (Phi) is 5.16. The van der Waals surface area contributed by atoms with Gasteiger partial charge >= 0.3 is 0 Å². The first-order chi connectivity index (χ1) is 22.7. The van der Waals surface area contributed by atoms with Gasteiger partial charge in [0, 0.05) is 38.0 Å². The Hall–Kier alpha value is -5.86. The van der Waals surface area contributed by atoms with Crippen LogP contribution in [-0.4, -0.2) is 8.97 Å². The maximum Gasteiger partial charge on any atom is 0.0641 e. The van der Waals surface area contributed by atoms with Crippen LogP contribution in [0.4, 0.5) is 0 Å². The summed E-state index contributed by atoms with van der Waals surface area (Å²) in [5, 5.41) is 7.78. The molecule has 0 bridgehead atoms. The van der Waals surface area contributed by atoms with Crippen LogP contribution >= 0.6 is 0 Å². The minimum absolute atomic E-state index is 0.285. The molecule has 0 radical (unpaired) electrons. The fraction of sp³-hybridized carbons (Fsp3) is 0.0455. The fourth-order valence-corrected chi connectivity index (χ4v) is 8.23. The molecule has 0 spiro atoms. The first kappa shape index (κ1) is 25.5. The highest BCUT2D eigenvalue weighted by atomic mass is 15.0. The Balaban J connectivity index is 1.29. The normalized spacial score (nSPS) is 12.5. The summed E-state index contributed by atoms with van der Waals surface area (Å²) in [7, 11) is 0. The zero-order valence-corrected chi connectivity index (χ0v) is 25.5. The van der Waals surface area contributed by atoms with E-state index in [1.165, 1.54) is 82.3 Å². The largest absolute Gasteiger partial charge is 0.309 e. The fourth-order valence-electron chi connectivity index (χ4n) is 8.23. The van der Waals surface area contributed by atoms with Crippen LogP contribution in [0.3, 0.4) is 0 Å². The molecule has 3 heterocycles. The van der Waals surface area contributed by atoms with Crippen molar-refractivity contribution in [2.45, 2.75) is 12.3 Å². The van der Waals surface area contributed by atoms with Crippen LogP contribution in [-0.2, 0) is 5.41 Å². The summed E-state index contributed by atoms with van der Waals surface area (Å²) < 4.78 is 4.97. The number of aromatic nitrogens is 2. The molecule has 0 N–H and O–H groups in total. The molecule has 0 unspecified atom stereocenters. The van der Waals surface area contributed by atoms with Gasteiger partial charge in [-0.05, 0) is 65.4 Å². The first-order valence-corrected chi connectivity index (χ1v) is 16.0. The van der Waals surface area contributed by atoms with Crippen LogP contribution in [0.1, 0.15) is 23.6 Å². The Morgan fingerprint density at radius 3 is 1.52 bits per heavy atom. The zero-order chi connectivity index (χ0) is 30.4. The third-order valence-corrected chi connectivity index (χ3v) is 10.4. The van der Waals surface area contributed by atoms with E-state index in [4.69, 9.17) is 0 Å². The van der Waals surface area contributed by atoms with Crippen LogP contribution in [0.5, 0.6) is 0 Å². The molecule has 0 amide bonds. The molecule has 216 valence electrons. The van der Waals surface area contributed by atoms with Crippen LogP contribution in [0.2, 0.25) is 0 Å². The quantitative estimate of drug-likeness (QED) is 0.182. The van der Waals surface area contributed by atoms with E-state index >= 15 is 0 Å². The molecule has 0 aliphatic rings. The highest BCUT2D eigenvalue weighted by Gasteiger charge is 2.31. The highest BCUT2D eigenvalue weighted by molar-refractivity contribution is 6.33. The summed E-state index contributed by atoms with van der Waals surface area (Å²) in [6.45, 7) is 2.35.